The summed E-state index contributed by atoms with van der Waals surface area (Å²) in [5.74, 6) is -2.04. The molecule has 6 heteroatoms. The molecule has 0 aromatic heterocycles. The van der Waals surface area contributed by atoms with E-state index in [-0.39, 0.29) is 18.3 Å². The van der Waals surface area contributed by atoms with E-state index < -0.39 is 23.7 Å². The van der Waals surface area contributed by atoms with Gasteiger partial charge in [0, 0.05) is 17.7 Å². The maximum absolute atomic E-state index is 14.0. The van der Waals surface area contributed by atoms with Gasteiger partial charge in [-0.1, -0.05) is 0 Å². The Morgan fingerprint density at radius 3 is 2.86 bits per heavy atom. The Bertz CT molecular complexity index is 568. The molecule has 0 aliphatic carbocycles. The summed E-state index contributed by atoms with van der Waals surface area (Å²) < 4.78 is 42.8. The summed E-state index contributed by atoms with van der Waals surface area (Å²) in [5, 5.41) is 0. The van der Waals surface area contributed by atoms with E-state index >= 15 is 0 Å². The second kappa shape index (κ2) is 7.47. The molecule has 1 unspecified atom stereocenters. The molecule has 1 aliphatic rings. The molecule has 0 N–H and O–H groups in total. The number of hydrogen-bond donors (Lipinski definition) is 0. The van der Waals surface area contributed by atoms with E-state index in [1.54, 1.807) is 13.8 Å². The average Bonchev–Trinajstić information content (AvgIpc) is 3.27. The lowest BCUT2D eigenvalue weighted by Gasteiger charge is -2.16. The molecule has 2 atom stereocenters. The smallest absolute Gasteiger partial charge is 0.330 e. The van der Waals surface area contributed by atoms with Crippen molar-refractivity contribution in [2.75, 3.05) is 19.8 Å². The Hall–Kier alpha value is -1.79. The van der Waals surface area contributed by atoms with Crippen molar-refractivity contribution in [3.05, 3.63) is 41.0 Å². The van der Waals surface area contributed by atoms with Crippen molar-refractivity contribution in [1.82, 2.24) is 0 Å². The molecule has 120 valence electrons. The van der Waals surface area contributed by atoms with Crippen LogP contribution in [0.2, 0.25) is 0 Å². The molecule has 22 heavy (non-hydrogen) atoms. The third-order valence-corrected chi connectivity index (χ3v) is 3.17. The molecule has 0 saturated carbocycles. The van der Waals surface area contributed by atoms with Crippen LogP contribution in [0.3, 0.4) is 0 Å². The fourth-order valence-corrected chi connectivity index (χ4v) is 1.96. The Labute approximate surface area is 127 Å². The highest BCUT2D eigenvalue weighted by molar-refractivity contribution is 5.87. The van der Waals surface area contributed by atoms with Crippen LogP contribution in [0.5, 0.6) is 0 Å². The quantitative estimate of drug-likeness (QED) is 0.441. The van der Waals surface area contributed by atoms with Crippen molar-refractivity contribution in [3.8, 4) is 0 Å². The van der Waals surface area contributed by atoms with Gasteiger partial charge in [-0.2, -0.15) is 0 Å². The van der Waals surface area contributed by atoms with Crippen molar-refractivity contribution in [3.63, 3.8) is 0 Å². The second-order valence-electron chi connectivity index (χ2n) is 4.91. The first-order chi connectivity index (χ1) is 10.5. The van der Waals surface area contributed by atoms with Crippen molar-refractivity contribution < 1.29 is 27.8 Å². The van der Waals surface area contributed by atoms with Crippen molar-refractivity contribution in [1.29, 1.82) is 0 Å². The van der Waals surface area contributed by atoms with E-state index in [0.717, 1.165) is 12.1 Å². The van der Waals surface area contributed by atoms with Gasteiger partial charge in [0.25, 0.3) is 0 Å². The Morgan fingerprint density at radius 2 is 2.23 bits per heavy atom. The summed E-state index contributed by atoms with van der Waals surface area (Å²) in [7, 11) is 0. The minimum absolute atomic E-state index is 0.0550. The summed E-state index contributed by atoms with van der Waals surface area (Å²) >= 11 is 0. The highest BCUT2D eigenvalue weighted by Gasteiger charge is 2.24. The summed E-state index contributed by atoms with van der Waals surface area (Å²) in [6, 6.07) is 1.97. The van der Waals surface area contributed by atoms with Gasteiger partial charge in [-0.15, -0.1) is 0 Å². The number of esters is 1. The summed E-state index contributed by atoms with van der Waals surface area (Å²) in [5.41, 5.74) is 0.442. The number of carbonyl (C=O) groups excluding carboxylic acids is 1. The van der Waals surface area contributed by atoms with Crippen LogP contribution in [-0.4, -0.2) is 31.9 Å². The molecule has 0 amide bonds. The topological polar surface area (TPSA) is 48.1 Å². The van der Waals surface area contributed by atoms with Gasteiger partial charge < -0.3 is 14.2 Å². The molecule has 0 spiro atoms. The van der Waals surface area contributed by atoms with Crippen LogP contribution in [0.25, 0.3) is 6.08 Å². The van der Waals surface area contributed by atoms with Crippen LogP contribution in [0.4, 0.5) is 8.78 Å². The fourth-order valence-electron chi connectivity index (χ4n) is 1.96. The molecule has 0 radical (unpaired) electrons. The van der Waals surface area contributed by atoms with Crippen LogP contribution >= 0.6 is 0 Å². The van der Waals surface area contributed by atoms with E-state index in [0.29, 0.717) is 18.8 Å². The van der Waals surface area contributed by atoms with Gasteiger partial charge in [0.1, 0.15) is 17.7 Å². The van der Waals surface area contributed by atoms with Gasteiger partial charge in [-0.05, 0) is 31.6 Å². The predicted molar refractivity (Wildman–Crippen MR) is 76.1 cm³/mol. The first kappa shape index (κ1) is 16.6. The Kier molecular flexibility index (Phi) is 5.63. The van der Waals surface area contributed by atoms with Crippen molar-refractivity contribution in [2.45, 2.75) is 26.1 Å². The second-order valence-corrected chi connectivity index (χ2v) is 4.91. The number of epoxide rings is 1. The first-order valence-electron chi connectivity index (χ1n) is 7.08. The molecule has 4 nitrogen and oxygen atoms in total. The Balaban J connectivity index is 2.20. The minimum atomic E-state index is -0.756. The van der Waals surface area contributed by atoms with Crippen molar-refractivity contribution in [2.24, 2.45) is 0 Å². The van der Waals surface area contributed by atoms with E-state index in [1.165, 1.54) is 12.1 Å². The van der Waals surface area contributed by atoms with Crippen LogP contribution in [0, 0.1) is 11.6 Å². The molecular weight excluding hydrogens is 294 g/mol. The average molecular weight is 312 g/mol. The number of hydrogen-bond acceptors (Lipinski definition) is 4. The number of halogens is 2. The van der Waals surface area contributed by atoms with Crippen molar-refractivity contribution >= 4 is 12.0 Å². The molecule has 1 aromatic rings. The molecule has 1 aliphatic heterocycles. The molecule has 0 bridgehead atoms. The highest BCUT2D eigenvalue weighted by Crippen LogP contribution is 2.27. The predicted octanol–water partition coefficient (Wildman–Crippen LogP) is 3.02. The van der Waals surface area contributed by atoms with Gasteiger partial charge in [0.15, 0.2) is 0 Å². The largest absolute Gasteiger partial charge is 0.463 e. The number of benzene rings is 1. The van der Waals surface area contributed by atoms with Crippen LogP contribution < -0.4 is 0 Å². The molecular formula is C16H18F2O4. The fraction of sp³-hybridized carbons (Fsp3) is 0.438. The minimum Gasteiger partial charge on any atom is -0.463 e. The van der Waals surface area contributed by atoms with Gasteiger partial charge >= 0.3 is 5.97 Å². The molecule has 1 aromatic carbocycles. The lowest BCUT2D eigenvalue weighted by molar-refractivity contribution is -0.137. The molecule has 2 rings (SSSR count). The number of ether oxygens (including phenoxy) is 3. The standard InChI is InChI=1S/C16H18F2O4/c1-3-20-16(19)5-4-13-14(6-11(17)7-15(13)18)10(2)21-8-12-9-22-12/h4-7,10,12H,3,8-9H2,1-2H3/b5-4+/t10?,12-/m0/s1. The van der Waals surface area contributed by atoms with Gasteiger partial charge in [0.2, 0.25) is 0 Å². The zero-order valence-corrected chi connectivity index (χ0v) is 12.5. The third-order valence-electron chi connectivity index (χ3n) is 3.17. The van der Waals surface area contributed by atoms with E-state index in [2.05, 4.69) is 0 Å². The maximum Gasteiger partial charge on any atom is 0.330 e. The van der Waals surface area contributed by atoms with E-state index in [1.807, 2.05) is 0 Å². The van der Waals surface area contributed by atoms with Gasteiger partial charge in [-0.3, -0.25) is 0 Å². The van der Waals surface area contributed by atoms with E-state index in [4.69, 9.17) is 14.2 Å². The monoisotopic (exact) mass is 312 g/mol. The van der Waals surface area contributed by atoms with Gasteiger partial charge in [0.05, 0.1) is 25.9 Å². The number of rotatable bonds is 7. The SMILES string of the molecule is CCOC(=O)/C=C/c1c(F)cc(F)cc1C(C)OC[C@H]1CO1. The Morgan fingerprint density at radius 1 is 1.50 bits per heavy atom. The highest BCUT2D eigenvalue weighted by atomic mass is 19.1. The first-order valence-corrected chi connectivity index (χ1v) is 7.08. The lowest BCUT2D eigenvalue weighted by Crippen LogP contribution is -2.09. The summed E-state index contributed by atoms with van der Waals surface area (Å²) in [6.07, 6.45) is 1.91. The zero-order chi connectivity index (χ0) is 16.1. The molecule has 1 fully saturated rings. The van der Waals surface area contributed by atoms with Crippen LogP contribution in [-0.2, 0) is 19.0 Å². The summed E-state index contributed by atoms with van der Waals surface area (Å²) in [6.45, 7) is 4.59. The van der Waals surface area contributed by atoms with E-state index in [9.17, 15) is 13.6 Å². The molecule has 1 saturated heterocycles. The third kappa shape index (κ3) is 4.61. The zero-order valence-electron chi connectivity index (χ0n) is 12.5. The summed E-state index contributed by atoms with van der Waals surface area (Å²) in [4.78, 5) is 11.3. The molecule has 1 heterocycles. The number of carbonyl (C=O) groups is 1. The lowest BCUT2D eigenvalue weighted by atomic mass is 10.0. The van der Waals surface area contributed by atoms with Crippen LogP contribution in [0.1, 0.15) is 31.1 Å². The maximum atomic E-state index is 14.0. The van der Waals surface area contributed by atoms with Gasteiger partial charge in [-0.25, -0.2) is 13.6 Å². The normalized spacial score (nSPS) is 18.5. The van der Waals surface area contributed by atoms with Crippen LogP contribution in [0.15, 0.2) is 18.2 Å².